The summed E-state index contributed by atoms with van der Waals surface area (Å²) in [5.74, 6) is -0.155. The Balaban J connectivity index is 2.32. The van der Waals surface area contributed by atoms with E-state index in [0.29, 0.717) is 19.4 Å². The molecule has 0 saturated carbocycles. The molecule has 0 aliphatic carbocycles. The fraction of sp³-hybridized carbons (Fsp3) is 0.467. The maximum Gasteiger partial charge on any atom is 0.233 e. The molecule has 1 aromatic carbocycles. The van der Waals surface area contributed by atoms with Crippen molar-refractivity contribution in [2.45, 2.75) is 39.2 Å². The minimum Gasteiger partial charge on any atom is -0.313 e. The molecule has 2 amide bonds. The van der Waals surface area contributed by atoms with E-state index >= 15 is 0 Å². The zero-order valence-electron chi connectivity index (χ0n) is 11.3. The third-order valence-corrected chi connectivity index (χ3v) is 3.33. The smallest absolute Gasteiger partial charge is 0.233 e. The molecule has 4 heteroatoms. The Bertz CT molecular complexity index is 453. The Labute approximate surface area is 113 Å². The third-order valence-electron chi connectivity index (χ3n) is 3.33. The summed E-state index contributed by atoms with van der Waals surface area (Å²) in [7, 11) is 0. The standard InChI is InChI=1S/C15H20N2O2/c1-2-16-11-12-7-3-4-8-13(12)17-14(18)9-5-6-10-15(17)19/h3-4,7-8,16H,2,5-6,9-11H2,1H3. The summed E-state index contributed by atoms with van der Waals surface area (Å²) in [5, 5.41) is 3.24. The zero-order chi connectivity index (χ0) is 13.7. The van der Waals surface area contributed by atoms with Gasteiger partial charge in [-0.3, -0.25) is 14.5 Å². The largest absolute Gasteiger partial charge is 0.313 e. The van der Waals surface area contributed by atoms with Gasteiger partial charge in [-0.25, -0.2) is 0 Å². The van der Waals surface area contributed by atoms with Crippen molar-refractivity contribution in [3.05, 3.63) is 29.8 Å². The Hall–Kier alpha value is -1.68. The van der Waals surface area contributed by atoms with Gasteiger partial charge in [0.2, 0.25) is 11.8 Å². The first-order chi connectivity index (χ1) is 9.24. The van der Waals surface area contributed by atoms with Gasteiger partial charge >= 0.3 is 0 Å². The average Bonchev–Trinajstić information content (AvgIpc) is 2.58. The second-order valence-corrected chi connectivity index (χ2v) is 4.74. The normalized spacial score (nSPS) is 16.6. The summed E-state index contributed by atoms with van der Waals surface area (Å²) in [4.78, 5) is 25.6. The fourth-order valence-electron chi connectivity index (χ4n) is 2.32. The Morgan fingerprint density at radius 3 is 2.37 bits per heavy atom. The van der Waals surface area contributed by atoms with Crippen molar-refractivity contribution in [1.82, 2.24) is 5.32 Å². The topological polar surface area (TPSA) is 49.4 Å². The van der Waals surface area contributed by atoms with Gasteiger partial charge in [-0.2, -0.15) is 0 Å². The van der Waals surface area contributed by atoms with Crippen molar-refractivity contribution in [3.8, 4) is 0 Å². The summed E-state index contributed by atoms with van der Waals surface area (Å²) < 4.78 is 0. The molecule has 2 rings (SSSR count). The van der Waals surface area contributed by atoms with Gasteiger partial charge in [0.05, 0.1) is 5.69 Å². The van der Waals surface area contributed by atoms with Crippen LogP contribution in [-0.4, -0.2) is 18.4 Å². The van der Waals surface area contributed by atoms with Crippen LogP contribution >= 0.6 is 0 Å². The van der Waals surface area contributed by atoms with E-state index in [-0.39, 0.29) is 11.8 Å². The molecule has 1 N–H and O–H groups in total. The number of nitrogens with one attached hydrogen (secondary N) is 1. The summed E-state index contributed by atoms with van der Waals surface area (Å²) >= 11 is 0. The van der Waals surface area contributed by atoms with Gasteiger partial charge in [0.15, 0.2) is 0 Å². The molecule has 0 bridgehead atoms. The predicted octanol–water partition coefficient (Wildman–Crippen LogP) is 2.23. The second-order valence-electron chi connectivity index (χ2n) is 4.74. The van der Waals surface area contributed by atoms with Crippen LogP contribution in [0.2, 0.25) is 0 Å². The van der Waals surface area contributed by atoms with E-state index in [1.54, 1.807) is 0 Å². The molecule has 0 spiro atoms. The van der Waals surface area contributed by atoms with Gasteiger partial charge in [-0.1, -0.05) is 25.1 Å². The molecular weight excluding hydrogens is 240 g/mol. The number of amides is 2. The molecule has 4 nitrogen and oxygen atoms in total. The van der Waals surface area contributed by atoms with Gasteiger partial charge in [-0.05, 0) is 31.0 Å². The number of imide groups is 1. The molecule has 1 fully saturated rings. The summed E-state index contributed by atoms with van der Waals surface area (Å²) in [5.41, 5.74) is 1.73. The quantitative estimate of drug-likeness (QED) is 0.845. The third kappa shape index (κ3) is 3.20. The molecule has 102 valence electrons. The minimum absolute atomic E-state index is 0.0774. The van der Waals surface area contributed by atoms with E-state index in [1.165, 1.54) is 4.90 Å². The average molecular weight is 260 g/mol. The minimum atomic E-state index is -0.0774. The lowest BCUT2D eigenvalue weighted by Crippen LogP contribution is -2.36. The molecule has 19 heavy (non-hydrogen) atoms. The van der Waals surface area contributed by atoms with Gasteiger partial charge in [0.25, 0.3) is 0 Å². The summed E-state index contributed by atoms with van der Waals surface area (Å²) in [6, 6.07) is 7.62. The Morgan fingerprint density at radius 1 is 1.11 bits per heavy atom. The van der Waals surface area contributed by atoms with Gasteiger partial charge in [0.1, 0.15) is 0 Å². The van der Waals surface area contributed by atoms with E-state index in [4.69, 9.17) is 0 Å². The second kappa shape index (κ2) is 6.48. The first-order valence-electron chi connectivity index (χ1n) is 6.88. The van der Waals surface area contributed by atoms with Crippen molar-refractivity contribution in [1.29, 1.82) is 0 Å². The van der Waals surface area contributed by atoms with Crippen LogP contribution in [0.4, 0.5) is 5.69 Å². The Morgan fingerprint density at radius 2 is 1.74 bits per heavy atom. The number of hydrogen-bond donors (Lipinski definition) is 1. The maximum absolute atomic E-state index is 12.1. The van der Waals surface area contributed by atoms with Crippen LogP contribution in [0.1, 0.15) is 38.2 Å². The number of carbonyl (C=O) groups excluding carboxylic acids is 2. The molecule has 1 heterocycles. The molecule has 1 saturated heterocycles. The maximum atomic E-state index is 12.1. The monoisotopic (exact) mass is 260 g/mol. The summed E-state index contributed by atoms with van der Waals surface area (Å²) in [6.45, 7) is 3.56. The number of hydrogen-bond acceptors (Lipinski definition) is 3. The number of rotatable bonds is 4. The van der Waals surface area contributed by atoms with Crippen LogP contribution in [-0.2, 0) is 16.1 Å². The number of anilines is 1. The van der Waals surface area contributed by atoms with Crippen LogP contribution < -0.4 is 10.2 Å². The number of carbonyl (C=O) groups is 2. The van der Waals surface area contributed by atoms with E-state index in [2.05, 4.69) is 5.32 Å². The zero-order valence-corrected chi connectivity index (χ0v) is 11.3. The van der Waals surface area contributed by atoms with Crippen LogP contribution in [0.5, 0.6) is 0 Å². The van der Waals surface area contributed by atoms with Crippen molar-refractivity contribution < 1.29 is 9.59 Å². The first-order valence-corrected chi connectivity index (χ1v) is 6.88. The van der Waals surface area contributed by atoms with Gasteiger partial charge in [0, 0.05) is 19.4 Å². The van der Waals surface area contributed by atoms with E-state index < -0.39 is 0 Å². The van der Waals surface area contributed by atoms with Crippen molar-refractivity contribution >= 4 is 17.5 Å². The summed E-state index contributed by atoms with van der Waals surface area (Å²) in [6.07, 6.45) is 2.52. The lowest BCUT2D eigenvalue weighted by molar-refractivity contribution is -0.125. The van der Waals surface area contributed by atoms with E-state index in [0.717, 1.165) is 30.6 Å². The lowest BCUT2D eigenvalue weighted by Gasteiger charge is -2.22. The molecule has 0 aromatic heterocycles. The first kappa shape index (κ1) is 13.7. The highest BCUT2D eigenvalue weighted by Gasteiger charge is 2.26. The molecule has 0 radical (unpaired) electrons. The SMILES string of the molecule is CCNCc1ccccc1N1C(=O)CCCCC1=O. The number of para-hydroxylation sites is 1. The van der Waals surface area contributed by atoms with Crippen molar-refractivity contribution in [3.63, 3.8) is 0 Å². The lowest BCUT2D eigenvalue weighted by atomic mass is 10.1. The van der Waals surface area contributed by atoms with Crippen molar-refractivity contribution in [2.24, 2.45) is 0 Å². The van der Waals surface area contributed by atoms with Gasteiger partial charge < -0.3 is 5.32 Å². The highest BCUT2D eigenvalue weighted by atomic mass is 16.2. The number of nitrogens with zero attached hydrogens (tertiary/aromatic N) is 1. The van der Waals surface area contributed by atoms with Crippen molar-refractivity contribution in [2.75, 3.05) is 11.4 Å². The molecular formula is C15H20N2O2. The molecule has 0 atom stereocenters. The van der Waals surface area contributed by atoms with E-state index in [1.807, 2.05) is 31.2 Å². The van der Waals surface area contributed by atoms with Crippen LogP contribution in [0.3, 0.4) is 0 Å². The Kier molecular flexibility index (Phi) is 4.68. The molecule has 1 aliphatic rings. The van der Waals surface area contributed by atoms with Crippen LogP contribution in [0, 0.1) is 0 Å². The number of benzene rings is 1. The highest BCUT2D eigenvalue weighted by Crippen LogP contribution is 2.25. The molecule has 1 aliphatic heterocycles. The molecule has 1 aromatic rings. The molecule has 0 unspecified atom stereocenters. The van der Waals surface area contributed by atoms with Crippen LogP contribution in [0.15, 0.2) is 24.3 Å². The fourth-order valence-corrected chi connectivity index (χ4v) is 2.32. The highest BCUT2D eigenvalue weighted by molar-refractivity contribution is 6.15. The predicted molar refractivity (Wildman–Crippen MR) is 74.8 cm³/mol. The van der Waals surface area contributed by atoms with Crippen LogP contribution in [0.25, 0.3) is 0 Å². The van der Waals surface area contributed by atoms with Gasteiger partial charge in [-0.15, -0.1) is 0 Å². The van der Waals surface area contributed by atoms with E-state index in [9.17, 15) is 9.59 Å².